The predicted molar refractivity (Wildman–Crippen MR) is 128 cm³/mol. The van der Waals surface area contributed by atoms with Crippen LogP contribution in [0.25, 0.3) is 11.0 Å². The fourth-order valence-electron chi connectivity index (χ4n) is 5.09. The summed E-state index contributed by atoms with van der Waals surface area (Å²) in [6.45, 7) is 6.19. The van der Waals surface area contributed by atoms with Gasteiger partial charge in [-0.3, -0.25) is 14.5 Å². The number of nitrogens with zero attached hydrogens (tertiary/aromatic N) is 5. The molecule has 0 aliphatic carbocycles. The van der Waals surface area contributed by atoms with Crippen molar-refractivity contribution in [3.8, 4) is 0 Å². The average Bonchev–Trinajstić information content (AvgIpc) is 3.13. The summed E-state index contributed by atoms with van der Waals surface area (Å²) in [6.07, 6.45) is 1.92. The molecule has 2 aliphatic heterocycles. The highest BCUT2D eigenvalue weighted by Gasteiger charge is 2.35. The van der Waals surface area contributed by atoms with Crippen molar-refractivity contribution in [2.24, 2.45) is 7.05 Å². The van der Waals surface area contributed by atoms with E-state index >= 15 is 0 Å². The smallest absolute Gasteiger partial charge is 0.254 e. The zero-order chi connectivity index (χ0) is 22.9. The number of piperazine rings is 1. The van der Waals surface area contributed by atoms with E-state index in [2.05, 4.69) is 22.0 Å². The number of fused-ring (bicyclic) bond motifs is 1. The van der Waals surface area contributed by atoms with Crippen molar-refractivity contribution < 1.29 is 9.59 Å². The summed E-state index contributed by atoms with van der Waals surface area (Å²) in [5.74, 6) is 1.20. The first kappa shape index (κ1) is 21.6. The standard InChI is InChI=1S/C26H31N5O2/c1-19-27-22-17-21(10-11-23(22)28(19)2)25(32)30-15-13-29(14-16-30)24-9-6-12-31(26(24)33)18-20-7-4-3-5-8-20/h3-5,7-8,10-11,17,24H,6,9,12-16,18H2,1-2H3/t24-/m1/s1. The molecule has 5 rings (SSSR count). The Kier molecular flexibility index (Phi) is 5.89. The minimum atomic E-state index is -0.0763. The van der Waals surface area contributed by atoms with Crippen LogP contribution in [0.1, 0.15) is 34.6 Å². The van der Waals surface area contributed by atoms with Gasteiger partial charge >= 0.3 is 0 Å². The van der Waals surface area contributed by atoms with Crippen LogP contribution in [0.4, 0.5) is 0 Å². The Labute approximate surface area is 194 Å². The van der Waals surface area contributed by atoms with E-state index in [0.717, 1.165) is 49.3 Å². The molecule has 3 aromatic rings. The van der Waals surface area contributed by atoms with Crippen molar-refractivity contribution in [3.05, 3.63) is 65.5 Å². The van der Waals surface area contributed by atoms with Crippen LogP contribution >= 0.6 is 0 Å². The van der Waals surface area contributed by atoms with E-state index in [9.17, 15) is 9.59 Å². The average molecular weight is 446 g/mol. The summed E-state index contributed by atoms with van der Waals surface area (Å²) in [5.41, 5.74) is 3.73. The van der Waals surface area contributed by atoms with E-state index in [1.165, 1.54) is 5.56 Å². The van der Waals surface area contributed by atoms with Crippen LogP contribution in [-0.2, 0) is 18.4 Å². The Balaban J connectivity index is 1.21. The molecular weight excluding hydrogens is 414 g/mol. The van der Waals surface area contributed by atoms with Gasteiger partial charge < -0.3 is 14.4 Å². The number of hydrogen-bond acceptors (Lipinski definition) is 4. The van der Waals surface area contributed by atoms with Crippen LogP contribution in [0, 0.1) is 6.92 Å². The second-order valence-corrected chi connectivity index (χ2v) is 9.15. The predicted octanol–water partition coefficient (Wildman–Crippen LogP) is 2.83. The number of carbonyl (C=O) groups excluding carboxylic acids is 2. The fraction of sp³-hybridized carbons (Fsp3) is 0.423. The highest BCUT2D eigenvalue weighted by Crippen LogP contribution is 2.22. The van der Waals surface area contributed by atoms with Gasteiger partial charge in [0.1, 0.15) is 5.82 Å². The minimum Gasteiger partial charge on any atom is -0.337 e. The van der Waals surface area contributed by atoms with Crippen molar-refractivity contribution in [1.29, 1.82) is 0 Å². The lowest BCUT2D eigenvalue weighted by Crippen LogP contribution is -2.58. The lowest BCUT2D eigenvalue weighted by Gasteiger charge is -2.42. The lowest BCUT2D eigenvalue weighted by atomic mass is 10.0. The molecule has 0 N–H and O–H groups in total. The van der Waals surface area contributed by atoms with Crippen molar-refractivity contribution in [1.82, 2.24) is 24.3 Å². The Bertz CT molecular complexity index is 1160. The van der Waals surface area contributed by atoms with Gasteiger partial charge in [0.2, 0.25) is 5.91 Å². The Morgan fingerprint density at radius 3 is 2.55 bits per heavy atom. The first-order valence-electron chi connectivity index (χ1n) is 11.8. The van der Waals surface area contributed by atoms with Gasteiger partial charge in [0.05, 0.1) is 17.1 Å². The summed E-state index contributed by atoms with van der Waals surface area (Å²) in [4.78, 5) is 37.1. The molecule has 2 aliphatic rings. The molecule has 7 heteroatoms. The van der Waals surface area contributed by atoms with Gasteiger partial charge in [-0.15, -0.1) is 0 Å². The summed E-state index contributed by atoms with van der Waals surface area (Å²) in [6, 6.07) is 15.9. The SMILES string of the molecule is Cc1nc2cc(C(=O)N3CCN([C@@H]4CCCN(Cc5ccccc5)C4=O)CC3)ccc2n1C. The molecule has 2 saturated heterocycles. The van der Waals surface area contributed by atoms with Crippen molar-refractivity contribution in [2.75, 3.05) is 32.7 Å². The van der Waals surface area contributed by atoms with E-state index in [4.69, 9.17) is 0 Å². The maximum absolute atomic E-state index is 13.2. The quantitative estimate of drug-likeness (QED) is 0.620. The number of aromatic nitrogens is 2. The molecule has 172 valence electrons. The maximum Gasteiger partial charge on any atom is 0.254 e. The Hall–Kier alpha value is -3.19. The number of rotatable bonds is 4. The van der Waals surface area contributed by atoms with Gasteiger partial charge in [-0.05, 0) is 43.5 Å². The fourth-order valence-corrected chi connectivity index (χ4v) is 5.09. The second-order valence-electron chi connectivity index (χ2n) is 9.15. The molecule has 0 saturated carbocycles. The van der Waals surface area contributed by atoms with Gasteiger partial charge in [0, 0.05) is 51.9 Å². The molecule has 1 atom stereocenters. The first-order valence-corrected chi connectivity index (χ1v) is 11.8. The van der Waals surface area contributed by atoms with Crippen LogP contribution < -0.4 is 0 Å². The zero-order valence-electron chi connectivity index (χ0n) is 19.4. The van der Waals surface area contributed by atoms with E-state index in [1.54, 1.807) is 0 Å². The molecule has 7 nitrogen and oxygen atoms in total. The van der Waals surface area contributed by atoms with Gasteiger partial charge in [0.15, 0.2) is 0 Å². The molecule has 2 fully saturated rings. The molecule has 0 bridgehead atoms. The molecular formula is C26H31N5O2. The Morgan fingerprint density at radius 2 is 1.79 bits per heavy atom. The van der Waals surface area contributed by atoms with Gasteiger partial charge in [-0.1, -0.05) is 30.3 Å². The molecule has 2 amide bonds. The summed E-state index contributed by atoms with van der Waals surface area (Å²) >= 11 is 0. The van der Waals surface area contributed by atoms with Crippen LogP contribution in [-0.4, -0.2) is 74.8 Å². The number of piperidine rings is 1. The van der Waals surface area contributed by atoms with Crippen molar-refractivity contribution in [2.45, 2.75) is 32.4 Å². The Morgan fingerprint density at radius 1 is 1.03 bits per heavy atom. The zero-order valence-corrected chi connectivity index (χ0v) is 19.4. The van der Waals surface area contributed by atoms with Crippen LogP contribution in [0.5, 0.6) is 0 Å². The third-order valence-corrected chi connectivity index (χ3v) is 7.11. The number of carbonyl (C=O) groups is 2. The normalized spacial score (nSPS) is 19.9. The van der Waals surface area contributed by atoms with Gasteiger partial charge in [-0.25, -0.2) is 4.98 Å². The van der Waals surface area contributed by atoms with E-state index in [0.29, 0.717) is 25.2 Å². The van der Waals surface area contributed by atoms with Crippen LogP contribution in [0.3, 0.4) is 0 Å². The number of likely N-dealkylation sites (tertiary alicyclic amines) is 1. The van der Waals surface area contributed by atoms with Crippen molar-refractivity contribution in [3.63, 3.8) is 0 Å². The molecule has 3 heterocycles. The highest BCUT2D eigenvalue weighted by molar-refractivity contribution is 5.97. The lowest BCUT2D eigenvalue weighted by molar-refractivity contribution is -0.141. The molecule has 2 aromatic carbocycles. The number of amides is 2. The maximum atomic E-state index is 13.2. The summed E-state index contributed by atoms with van der Waals surface area (Å²) < 4.78 is 2.03. The molecule has 1 aromatic heterocycles. The topological polar surface area (TPSA) is 61.7 Å². The number of imidazole rings is 1. The number of benzene rings is 2. The van der Waals surface area contributed by atoms with E-state index in [1.807, 2.05) is 64.7 Å². The highest BCUT2D eigenvalue weighted by atomic mass is 16.2. The molecule has 0 spiro atoms. The minimum absolute atomic E-state index is 0.0422. The number of hydrogen-bond donors (Lipinski definition) is 0. The summed E-state index contributed by atoms with van der Waals surface area (Å²) in [7, 11) is 1.99. The largest absolute Gasteiger partial charge is 0.337 e. The number of aryl methyl sites for hydroxylation is 2. The van der Waals surface area contributed by atoms with Crippen molar-refractivity contribution >= 4 is 22.8 Å². The van der Waals surface area contributed by atoms with Crippen LogP contribution in [0.15, 0.2) is 48.5 Å². The molecule has 33 heavy (non-hydrogen) atoms. The second kappa shape index (κ2) is 8.98. The molecule has 0 radical (unpaired) electrons. The van der Waals surface area contributed by atoms with Gasteiger partial charge in [-0.2, -0.15) is 0 Å². The third-order valence-electron chi connectivity index (χ3n) is 7.11. The first-order chi connectivity index (χ1) is 16.0. The van der Waals surface area contributed by atoms with Gasteiger partial charge in [0.25, 0.3) is 5.91 Å². The molecule has 0 unspecified atom stereocenters. The third kappa shape index (κ3) is 4.25. The summed E-state index contributed by atoms with van der Waals surface area (Å²) in [5, 5.41) is 0. The van der Waals surface area contributed by atoms with E-state index < -0.39 is 0 Å². The van der Waals surface area contributed by atoms with E-state index in [-0.39, 0.29) is 17.9 Å². The van der Waals surface area contributed by atoms with Crippen LogP contribution in [0.2, 0.25) is 0 Å². The monoisotopic (exact) mass is 445 g/mol.